The predicted molar refractivity (Wildman–Crippen MR) is 125 cm³/mol. The number of ether oxygens (including phenoxy) is 1. The lowest BCUT2D eigenvalue weighted by atomic mass is 9.90. The fourth-order valence-electron chi connectivity index (χ4n) is 5.64. The Labute approximate surface area is 204 Å². The topological polar surface area (TPSA) is 73.3 Å². The summed E-state index contributed by atoms with van der Waals surface area (Å²) in [6.07, 6.45) is 3.51. The van der Waals surface area contributed by atoms with Gasteiger partial charge in [0.25, 0.3) is 0 Å². The van der Waals surface area contributed by atoms with Crippen LogP contribution < -0.4 is 0 Å². The van der Waals surface area contributed by atoms with Crippen LogP contribution in [0.5, 0.6) is 0 Å². The van der Waals surface area contributed by atoms with Gasteiger partial charge in [-0.05, 0) is 62.3 Å². The van der Waals surface area contributed by atoms with Crippen LogP contribution in [0.3, 0.4) is 0 Å². The number of piperidine rings is 1. The van der Waals surface area contributed by atoms with E-state index in [4.69, 9.17) is 27.9 Å². The summed E-state index contributed by atoms with van der Waals surface area (Å²) >= 11 is 12.1. The van der Waals surface area contributed by atoms with Crippen LogP contribution in [0.15, 0.2) is 18.2 Å². The molecule has 4 atom stereocenters. The lowest BCUT2D eigenvalue weighted by Gasteiger charge is -2.51. The highest BCUT2D eigenvalue weighted by Gasteiger charge is 2.52. The van der Waals surface area contributed by atoms with Gasteiger partial charge in [-0.1, -0.05) is 29.3 Å². The number of β-amino-alcohol motifs (C(OH)–C–C–N with tert-alkyl or cyclic N) is 1. The minimum absolute atomic E-state index is 0.0338. The average molecular weight is 496 g/mol. The van der Waals surface area contributed by atoms with Crippen LogP contribution in [0.1, 0.15) is 38.2 Å². The fraction of sp³-hybridized carbons (Fsp3) is 0.667. The first kappa shape index (κ1) is 23.4. The molecule has 180 valence electrons. The van der Waals surface area contributed by atoms with E-state index in [0.29, 0.717) is 29.7 Å². The molecular weight excluding hydrogens is 465 g/mol. The number of aliphatic hydroxyl groups is 1. The van der Waals surface area contributed by atoms with Gasteiger partial charge in [0, 0.05) is 19.1 Å². The number of nitrogens with zero attached hydrogens (tertiary/aromatic N) is 3. The van der Waals surface area contributed by atoms with Crippen LogP contribution in [0, 0.1) is 5.41 Å². The zero-order valence-corrected chi connectivity index (χ0v) is 20.4. The Hall–Kier alpha value is -1.38. The summed E-state index contributed by atoms with van der Waals surface area (Å²) in [6.45, 7) is 5.08. The largest absolute Gasteiger partial charge is 0.391 e. The molecule has 3 saturated heterocycles. The lowest BCUT2D eigenvalue weighted by Crippen LogP contribution is -2.68. The normalized spacial score (nSPS) is 31.6. The zero-order chi connectivity index (χ0) is 23.3. The molecule has 7 nitrogen and oxygen atoms in total. The molecule has 3 aliphatic heterocycles. The summed E-state index contributed by atoms with van der Waals surface area (Å²) in [4.78, 5) is 32.2. The van der Waals surface area contributed by atoms with Gasteiger partial charge >= 0.3 is 0 Å². The van der Waals surface area contributed by atoms with Crippen molar-refractivity contribution in [2.75, 3.05) is 32.8 Å². The molecule has 4 fully saturated rings. The maximum atomic E-state index is 13.4. The van der Waals surface area contributed by atoms with Gasteiger partial charge in [0.05, 0.1) is 35.7 Å². The minimum Gasteiger partial charge on any atom is -0.391 e. The maximum Gasteiger partial charge on any atom is 0.247 e. The maximum absolute atomic E-state index is 13.4. The van der Waals surface area contributed by atoms with E-state index in [0.717, 1.165) is 44.3 Å². The summed E-state index contributed by atoms with van der Waals surface area (Å²) in [5, 5.41) is 11.4. The number of halogens is 2. The van der Waals surface area contributed by atoms with Crippen LogP contribution in [0.25, 0.3) is 0 Å². The third kappa shape index (κ3) is 4.50. The Morgan fingerprint density at radius 2 is 2.00 bits per heavy atom. The molecule has 1 aromatic carbocycles. The number of carbonyl (C=O) groups is 2. The van der Waals surface area contributed by atoms with Crippen LogP contribution >= 0.6 is 23.2 Å². The summed E-state index contributed by atoms with van der Waals surface area (Å²) in [6, 6.07) is 4.63. The molecular formula is C24H31Cl2N3O4. The van der Waals surface area contributed by atoms with E-state index >= 15 is 0 Å². The SMILES string of the molecule is C[C@H]1C(=O)N2C(CN1C(=O)Cc1ccc(Cl)c(Cl)c1)OCC[C@H]2CN1CCC2(CC2)[C@H](O)C1. The van der Waals surface area contributed by atoms with Crippen molar-refractivity contribution in [2.45, 2.75) is 63.4 Å². The lowest BCUT2D eigenvalue weighted by molar-refractivity contribution is -0.192. The Morgan fingerprint density at radius 3 is 2.70 bits per heavy atom. The second-order valence-electron chi connectivity index (χ2n) is 10.0. The van der Waals surface area contributed by atoms with Crippen molar-refractivity contribution in [1.82, 2.24) is 14.7 Å². The monoisotopic (exact) mass is 495 g/mol. The molecule has 1 aliphatic carbocycles. The van der Waals surface area contributed by atoms with Gasteiger partial charge < -0.3 is 19.6 Å². The van der Waals surface area contributed by atoms with Gasteiger partial charge in [-0.3, -0.25) is 14.5 Å². The van der Waals surface area contributed by atoms with Crippen molar-refractivity contribution in [1.29, 1.82) is 0 Å². The number of benzene rings is 1. The number of hydrogen-bond acceptors (Lipinski definition) is 5. The van der Waals surface area contributed by atoms with E-state index < -0.39 is 12.3 Å². The molecule has 1 unspecified atom stereocenters. The quantitative estimate of drug-likeness (QED) is 0.694. The molecule has 9 heteroatoms. The molecule has 5 rings (SSSR count). The highest BCUT2D eigenvalue weighted by molar-refractivity contribution is 6.42. The number of aliphatic hydroxyl groups excluding tert-OH is 1. The van der Waals surface area contributed by atoms with Crippen molar-refractivity contribution in [3.63, 3.8) is 0 Å². The molecule has 33 heavy (non-hydrogen) atoms. The average Bonchev–Trinajstić information content (AvgIpc) is 3.57. The van der Waals surface area contributed by atoms with E-state index in [-0.39, 0.29) is 35.8 Å². The Kier molecular flexibility index (Phi) is 6.38. The highest BCUT2D eigenvalue weighted by atomic mass is 35.5. The third-order valence-electron chi connectivity index (χ3n) is 7.98. The number of likely N-dealkylation sites (tertiary alicyclic amines) is 1. The van der Waals surface area contributed by atoms with Crippen LogP contribution in [-0.4, -0.2) is 88.8 Å². The van der Waals surface area contributed by atoms with E-state index in [1.807, 2.05) is 4.90 Å². The number of hydrogen-bond donors (Lipinski definition) is 1. The third-order valence-corrected chi connectivity index (χ3v) is 8.72. The number of piperazine rings is 1. The molecule has 1 aromatic rings. The van der Waals surface area contributed by atoms with Gasteiger partial charge in [-0.2, -0.15) is 0 Å². The molecule has 3 heterocycles. The Bertz CT molecular complexity index is 940. The summed E-state index contributed by atoms with van der Waals surface area (Å²) in [5.74, 6) is -0.205. The van der Waals surface area contributed by atoms with Gasteiger partial charge in [0.1, 0.15) is 12.3 Å². The molecule has 1 N–H and O–H groups in total. The number of amides is 2. The van der Waals surface area contributed by atoms with Crippen molar-refractivity contribution < 1.29 is 19.4 Å². The zero-order valence-electron chi connectivity index (χ0n) is 18.9. The molecule has 0 bridgehead atoms. The standard InChI is InChI=1S/C24H31Cl2N3O4/c1-15-23(32)29-17(12-27-8-7-24(5-6-24)20(30)13-27)4-9-33-22(29)14-28(15)21(31)11-16-2-3-18(25)19(26)10-16/h2-3,10,15,17,20,22,30H,4-9,11-14H2,1H3/t15-,17-,20+,22?/m0/s1. The number of rotatable bonds is 4. The second-order valence-corrected chi connectivity index (χ2v) is 10.9. The van der Waals surface area contributed by atoms with E-state index in [9.17, 15) is 14.7 Å². The van der Waals surface area contributed by atoms with E-state index in [1.165, 1.54) is 0 Å². The van der Waals surface area contributed by atoms with Crippen LogP contribution in [0.2, 0.25) is 10.0 Å². The second kappa shape index (κ2) is 9.00. The van der Waals surface area contributed by atoms with Crippen LogP contribution in [-0.2, 0) is 20.7 Å². The van der Waals surface area contributed by atoms with Crippen LogP contribution in [0.4, 0.5) is 0 Å². The molecule has 4 aliphatic rings. The first-order valence-electron chi connectivity index (χ1n) is 11.8. The molecule has 2 amide bonds. The van der Waals surface area contributed by atoms with Gasteiger partial charge in [0.2, 0.25) is 11.8 Å². The van der Waals surface area contributed by atoms with Crippen molar-refractivity contribution in [2.24, 2.45) is 5.41 Å². The first-order valence-corrected chi connectivity index (χ1v) is 12.6. The van der Waals surface area contributed by atoms with Gasteiger partial charge in [-0.15, -0.1) is 0 Å². The minimum atomic E-state index is -0.553. The number of fused-ring (bicyclic) bond motifs is 1. The Morgan fingerprint density at radius 1 is 1.21 bits per heavy atom. The molecule has 1 spiro atoms. The summed E-state index contributed by atoms with van der Waals surface area (Å²) in [5.41, 5.74) is 0.926. The molecule has 0 aromatic heterocycles. The first-order chi connectivity index (χ1) is 15.8. The Balaban J connectivity index is 1.24. The van der Waals surface area contributed by atoms with Crippen molar-refractivity contribution >= 4 is 35.0 Å². The van der Waals surface area contributed by atoms with Crippen molar-refractivity contribution in [3.05, 3.63) is 33.8 Å². The van der Waals surface area contributed by atoms with E-state index in [1.54, 1.807) is 30.0 Å². The summed E-state index contributed by atoms with van der Waals surface area (Å²) < 4.78 is 5.95. The van der Waals surface area contributed by atoms with Gasteiger partial charge in [0.15, 0.2) is 0 Å². The smallest absolute Gasteiger partial charge is 0.247 e. The highest BCUT2D eigenvalue weighted by Crippen LogP contribution is 2.53. The fourth-order valence-corrected chi connectivity index (χ4v) is 5.96. The summed E-state index contributed by atoms with van der Waals surface area (Å²) in [7, 11) is 0. The van der Waals surface area contributed by atoms with Crippen molar-refractivity contribution in [3.8, 4) is 0 Å². The molecule has 0 radical (unpaired) electrons. The van der Waals surface area contributed by atoms with Gasteiger partial charge in [-0.25, -0.2) is 0 Å². The number of carbonyl (C=O) groups excluding carboxylic acids is 2. The van der Waals surface area contributed by atoms with E-state index in [2.05, 4.69) is 4.90 Å². The molecule has 1 saturated carbocycles. The predicted octanol–water partition coefficient (Wildman–Crippen LogP) is 2.56.